The number of hydrogen-bond donors (Lipinski definition) is 1. The highest BCUT2D eigenvalue weighted by molar-refractivity contribution is 5.83. The van der Waals surface area contributed by atoms with Crippen molar-refractivity contribution in [1.29, 1.82) is 5.26 Å². The molecule has 1 aromatic carbocycles. The van der Waals surface area contributed by atoms with Crippen LogP contribution in [0.3, 0.4) is 0 Å². The van der Waals surface area contributed by atoms with Gasteiger partial charge >= 0.3 is 5.92 Å². The quantitative estimate of drug-likeness (QED) is 0.688. The number of terminal acetylenes is 1. The van der Waals surface area contributed by atoms with Crippen LogP contribution in [0.5, 0.6) is 0 Å². The van der Waals surface area contributed by atoms with Crippen molar-refractivity contribution in [2.45, 2.75) is 32.4 Å². The van der Waals surface area contributed by atoms with Crippen molar-refractivity contribution in [3.63, 3.8) is 0 Å². The number of amides is 1. The Bertz CT molecular complexity index is 1060. The maximum Gasteiger partial charge on any atom is 0.321 e. The van der Waals surface area contributed by atoms with Gasteiger partial charge < -0.3 is 5.32 Å². The Hall–Kier alpha value is -3.78. The van der Waals surface area contributed by atoms with Crippen molar-refractivity contribution in [2.75, 3.05) is 0 Å². The SMILES string of the molecule is C#Cc1ccccn1.CC(Cn1ncc2cc(C#N)ccc21)NC(=O)C(C)(F)F. The second-order valence-electron chi connectivity index (χ2n) is 6.33. The van der Waals surface area contributed by atoms with Gasteiger partial charge in [-0.2, -0.15) is 19.1 Å². The fourth-order valence-electron chi connectivity index (χ4n) is 2.41. The highest BCUT2D eigenvalue weighted by atomic mass is 19.3. The predicted molar refractivity (Wildman–Crippen MR) is 105 cm³/mol. The summed E-state index contributed by atoms with van der Waals surface area (Å²) in [5.74, 6) is -2.29. The van der Waals surface area contributed by atoms with Gasteiger partial charge in [-0.25, -0.2) is 4.98 Å². The van der Waals surface area contributed by atoms with Crippen molar-refractivity contribution < 1.29 is 13.6 Å². The van der Waals surface area contributed by atoms with Crippen molar-refractivity contribution >= 4 is 16.8 Å². The first kappa shape index (κ1) is 21.5. The number of rotatable bonds is 4. The molecule has 0 aliphatic rings. The molecule has 6 nitrogen and oxygen atoms in total. The molecule has 0 bridgehead atoms. The molecule has 1 amide bonds. The summed E-state index contributed by atoms with van der Waals surface area (Å²) in [5.41, 5.74) is 1.99. The molecule has 2 heterocycles. The van der Waals surface area contributed by atoms with Crippen LogP contribution in [0.4, 0.5) is 8.78 Å². The molecule has 0 fully saturated rings. The van der Waals surface area contributed by atoms with E-state index in [0.717, 1.165) is 10.9 Å². The average Bonchev–Trinajstić information content (AvgIpc) is 3.10. The van der Waals surface area contributed by atoms with Gasteiger partial charge in [0, 0.05) is 24.5 Å². The number of benzene rings is 1. The Morgan fingerprint density at radius 2 is 2.14 bits per heavy atom. The third kappa shape index (κ3) is 6.12. The molecule has 0 radical (unpaired) electrons. The van der Waals surface area contributed by atoms with E-state index in [1.54, 1.807) is 48.3 Å². The maximum absolute atomic E-state index is 12.8. The standard InChI is InChI=1S/C14H14F2N4O.C7H5N/c1-9(19-13(21)14(2,15)16)8-20-12-4-3-10(6-17)5-11(12)7-18-20;1-2-7-5-3-4-6-8-7/h3-5,7,9H,8H2,1-2H3,(H,19,21);1,3-6H. The van der Waals surface area contributed by atoms with E-state index in [-0.39, 0.29) is 6.54 Å². The third-order valence-electron chi connectivity index (χ3n) is 3.81. The van der Waals surface area contributed by atoms with Gasteiger partial charge in [0.1, 0.15) is 5.69 Å². The van der Waals surface area contributed by atoms with Crippen molar-refractivity contribution in [1.82, 2.24) is 20.1 Å². The fourth-order valence-corrected chi connectivity index (χ4v) is 2.41. The Morgan fingerprint density at radius 3 is 2.69 bits per heavy atom. The normalized spacial score (nSPS) is 11.5. The minimum atomic E-state index is -3.40. The molecule has 0 aliphatic carbocycles. The number of pyridine rings is 1. The highest BCUT2D eigenvalue weighted by Crippen LogP contribution is 2.16. The number of aromatic nitrogens is 3. The van der Waals surface area contributed by atoms with Crippen LogP contribution in [0.2, 0.25) is 0 Å². The zero-order valence-corrected chi connectivity index (χ0v) is 15.9. The van der Waals surface area contributed by atoms with E-state index < -0.39 is 17.9 Å². The maximum atomic E-state index is 12.8. The minimum Gasteiger partial charge on any atom is -0.347 e. The van der Waals surface area contributed by atoms with Crippen molar-refractivity contribution in [3.8, 4) is 18.4 Å². The van der Waals surface area contributed by atoms with Gasteiger partial charge in [0.15, 0.2) is 0 Å². The minimum absolute atomic E-state index is 0.261. The summed E-state index contributed by atoms with van der Waals surface area (Å²) >= 11 is 0. The molecular weight excluding hydrogens is 376 g/mol. The van der Waals surface area contributed by atoms with Gasteiger partial charge in [0.2, 0.25) is 0 Å². The molecule has 1 N–H and O–H groups in total. The van der Waals surface area contributed by atoms with E-state index in [9.17, 15) is 13.6 Å². The molecule has 148 valence electrons. The van der Waals surface area contributed by atoms with Crippen molar-refractivity contribution in [2.24, 2.45) is 0 Å². The van der Waals surface area contributed by atoms with E-state index in [4.69, 9.17) is 11.7 Å². The van der Waals surface area contributed by atoms with Gasteiger partial charge in [-0.3, -0.25) is 9.48 Å². The summed E-state index contributed by atoms with van der Waals surface area (Å²) in [6.07, 6.45) is 8.31. The molecule has 0 aliphatic heterocycles. The molecule has 3 rings (SSSR count). The molecule has 29 heavy (non-hydrogen) atoms. The number of nitrogens with zero attached hydrogens (tertiary/aromatic N) is 4. The zero-order valence-electron chi connectivity index (χ0n) is 15.9. The molecular formula is C21H19F2N5O. The van der Waals surface area contributed by atoms with Crippen molar-refractivity contribution in [3.05, 3.63) is 60.0 Å². The highest BCUT2D eigenvalue weighted by Gasteiger charge is 2.32. The van der Waals surface area contributed by atoms with Gasteiger partial charge in [-0.15, -0.1) is 6.42 Å². The summed E-state index contributed by atoms with van der Waals surface area (Å²) in [6.45, 7) is 2.44. The number of carbonyl (C=O) groups excluding carboxylic acids is 1. The molecule has 3 aromatic rings. The number of nitrogens with one attached hydrogen (secondary N) is 1. The lowest BCUT2D eigenvalue weighted by molar-refractivity contribution is -0.143. The lowest BCUT2D eigenvalue weighted by Crippen LogP contribution is -2.44. The number of nitriles is 1. The van der Waals surface area contributed by atoms with Gasteiger partial charge in [0.05, 0.1) is 29.9 Å². The van der Waals surface area contributed by atoms with Gasteiger partial charge in [0.25, 0.3) is 5.91 Å². The number of halogens is 2. The zero-order chi connectivity index (χ0) is 21.4. The molecule has 0 spiro atoms. The predicted octanol–water partition coefficient (Wildman–Crippen LogP) is 3.13. The number of hydrogen-bond acceptors (Lipinski definition) is 4. The largest absolute Gasteiger partial charge is 0.347 e. The average molecular weight is 395 g/mol. The van der Waals surface area contributed by atoms with E-state index in [2.05, 4.69) is 21.3 Å². The monoisotopic (exact) mass is 395 g/mol. The van der Waals surface area contributed by atoms with Crippen LogP contribution in [0.25, 0.3) is 10.9 Å². The Balaban J connectivity index is 0.000000313. The molecule has 0 saturated heterocycles. The van der Waals surface area contributed by atoms with E-state index in [1.165, 1.54) is 0 Å². The summed E-state index contributed by atoms with van der Waals surface area (Å²) < 4.78 is 27.3. The van der Waals surface area contributed by atoms with Gasteiger partial charge in [-0.1, -0.05) is 12.0 Å². The first-order valence-electron chi connectivity index (χ1n) is 8.66. The van der Waals surface area contributed by atoms with Crippen LogP contribution >= 0.6 is 0 Å². The van der Waals surface area contributed by atoms with E-state index >= 15 is 0 Å². The first-order chi connectivity index (χ1) is 13.7. The summed E-state index contributed by atoms with van der Waals surface area (Å²) in [6, 6.07) is 12.1. The number of carbonyl (C=O) groups is 1. The molecule has 1 unspecified atom stereocenters. The van der Waals surface area contributed by atoms with E-state index in [0.29, 0.717) is 18.2 Å². The van der Waals surface area contributed by atoms with Crippen LogP contribution in [0.1, 0.15) is 25.1 Å². The Kier molecular flexibility index (Phi) is 6.99. The molecule has 8 heteroatoms. The van der Waals surface area contributed by atoms with Crippen LogP contribution in [-0.2, 0) is 11.3 Å². The number of fused-ring (bicyclic) bond motifs is 1. The Labute approximate surface area is 167 Å². The lowest BCUT2D eigenvalue weighted by Gasteiger charge is -2.17. The smallest absolute Gasteiger partial charge is 0.321 e. The van der Waals surface area contributed by atoms with E-state index in [1.807, 2.05) is 18.2 Å². The summed E-state index contributed by atoms with van der Waals surface area (Å²) in [5, 5.41) is 16.0. The van der Waals surface area contributed by atoms with Crippen LogP contribution < -0.4 is 5.32 Å². The Morgan fingerprint density at radius 1 is 1.38 bits per heavy atom. The molecule has 1 atom stereocenters. The molecule has 2 aromatic heterocycles. The first-order valence-corrected chi connectivity index (χ1v) is 8.66. The van der Waals surface area contributed by atoms with Crippen LogP contribution in [0.15, 0.2) is 48.8 Å². The van der Waals surface area contributed by atoms with Crippen LogP contribution in [-0.4, -0.2) is 32.6 Å². The lowest BCUT2D eigenvalue weighted by atomic mass is 10.2. The summed E-state index contributed by atoms with van der Waals surface area (Å²) in [7, 11) is 0. The van der Waals surface area contributed by atoms with Crippen LogP contribution in [0, 0.1) is 23.7 Å². The molecule has 0 saturated carbocycles. The summed E-state index contributed by atoms with van der Waals surface area (Å²) in [4.78, 5) is 15.1. The number of alkyl halides is 2. The topological polar surface area (TPSA) is 83.6 Å². The fraction of sp³-hybridized carbons (Fsp3) is 0.238. The second kappa shape index (κ2) is 9.43. The third-order valence-corrected chi connectivity index (χ3v) is 3.81. The second-order valence-corrected chi connectivity index (χ2v) is 6.33. The van der Waals surface area contributed by atoms with Gasteiger partial charge in [-0.05, 0) is 37.3 Å².